The lowest BCUT2D eigenvalue weighted by Crippen LogP contribution is -2.45. The number of phenols is 1. The first-order valence-corrected chi connectivity index (χ1v) is 6.63. The molecule has 0 bridgehead atoms. The van der Waals surface area contributed by atoms with E-state index in [1.165, 1.54) is 6.42 Å². The SMILES string of the molecule is CC1CCC[C@@]2(CC(=O)c3ccc(O)cc3O2)C1. The van der Waals surface area contributed by atoms with Crippen LogP contribution in [0.3, 0.4) is 0 Å². The van der Waals surface area contributed by atoms with E-state index in [9.17, 15) is 9.90 Å². The summed E-state index contributed by atoms with van der Waals surface area (Å²) in [4.78, 5) is 12.2. The molecule has 96 valence electrons. The fraction of sp³-hybridized carbons (Fsp3) is 0.533. The minimum atomic E-state index is -0.324. The molecule has 0 radical (unpaired) electrons. The second kappa shape index (κ2) is 4.01. The predicted octanol–water partition coefficient (Wildman–Crippen LogP) is 3.31. The molecule has 3 heteroatoms. The second-order valence-corrected chi connectivity index (χ2v) is 5.77. The van der Waals surface area contributed by atoms with Crippen molar-refractivity contribution in [1.82, 2.24) is 0 Å². The first-order chi connectivity index (χ1) is 8.58. The third-order valence-electron chi connectivity index (χ3n) is 4.12. The standard InChI is InChI=1S/C15H18O3/c1-10-3-2-6-15(8-10)9-13(17)12-5-4-11(16)7-14(12)18-15/h4-5,7,10,16H,2-3,6,8-9H2,1H3/t10?,15-/m0/s1. The molecule has 1 aromatic rings. The number of carbonyl (C=O) groups excluding carboxylic acids is 1. The number of ketones is 1. The van der Waals surface area contributed by atoms with Gasteiger partial charge in [-0.1, -0.05) is 13.3 Å². The van der Waals surface area contributed by atoms with Crippen LogP contribution in [0, 0.1) is 5.92 Å². The van der Waals surface area contributed by atoms with Crippen molar-refractivity contribution >= 4 is 5.78 Å². The fourth-order valence-electron chi connectivity index (χ4n) is 3.35. The van der Waals surface area contributed by atoms with Crippen LogP contribution in [0.4, 0.5) is 0 Å². The highest BCUT2D eigenvalue weighted by Gasteiger charge is 2.43. The van der Waals surface area contributed by atoms with E-state index in [0.717, 1.165) is 19.3 Å². The van der Waals surface area contributed by atoms with Crippen LogP contribution >= 0.6 is 0 Å². The van der Waals surface area contributed by atoms with Crippen molar-refractivity contribution in [3.63, 3.8) is 0 Å². The highest BCUT2D eigenvalue weighted by atomic mass is 16.5. The Morgan fingerprint density at radius 2 is 2.28 bits per heavy atom. The van der Waals surface area contributed by atoms with Gasteiger partial charge in [-0.2, -0.15) is 0 Å². The summed E-state index contributed by atoms with van der Waals surface area (Å²) < 4.78 is 6.10. The van der Waals surface area contributed by atoms with Crippen LogP contribution in [-0.4, -0.2) is 16.5 Å². The number of Topliss-reactive ketones (excluding diaryl/α,β-unsaturated/α-hetero) is 1. The summed E-state index contributed by atoms with van der Waals surface area (Å²) >= 11 is 0. The lowest BCUT2D eigenvalue weighted by Gasteiger charge is -2.42. The van der Waals surface area contributed by atoms with Crippen molar-refractivity contribution in [2.24, 2.45) is 5.92 Å². The first kappa shape index (κ1) is 11.6. The molecule has 1 fully saturated rings. The molecule has 18 heavy (non-hydrogen) atoms. The number of fused-ring (bicyclic) bond motifs is 1. The Bertz CT molecular complexity index is 495. The highest BCUT2D eigenvalue weighted by Crippen LogP contribution is 2.44. The molecule has 1 unspecified atom stereocenters. The molecule has 1 aliphatic heterocycles. The number of hydrogen-bond donors (Lipinski definition) is 1. The van der Waals surface area contributed by atoms with Gasteiger partial charge in [0.15, 0.2) is 5.78 Å². The zero-order valence-electron chi connectivity index (χ0n) is 10.6. The molecular formula is C15H18O3. The summed E-state index contributed by atoms with van der Waals surface area (Å²) in [5.41, 5.74) is 0.284. The minimum absolute atomic E-state index is 0.144. The van der Waals surface area contributed by atoms with Gasteiger partial charge in [-0.15, -0.1) is 0 Å². The Morgan fingerprint density at radius 3 is 3.06 bits per heavy atom. The quantitative estimate of drug-likeness (QED) is 0.764. The van der Waals surface area contributed by atoms with Crippen molar-refractivity contribution in [3.8, 4) is 11.5 Å². The largest absolute Gasteiger partial charge is 0.508 e. The summed E-state index contributed by atoms with van der Waals surface area (Å²) in [5.74, 6) is 1.46. The van der Waals surface area contributed by atoms with E-state index in [2.05, 4.69) is 6.92 Å². The van der Waals surface area contributed by atoms with Crippen LogP contribution in [0.15, 0.2) is 18.2 Å². The van der Waals surface area contributed by atoms with E-state index in [-0.39, 0.29) is 17.1 Å². The Morgan fingerprint density at radius 1 is 1.44 bits per heavy atom. The van der Waals surface area contributed by atoms with E-state index in [1.807, 2.05) is 0 Å². The minimum Gasteiger partial charge on any atom is -0.508 e. The lowest BCUT2D eigenvalue weighted by atomic mass is 9.74. The number of ether oxygens (including phenoxy) is 1. The molecule has 0 saturated heterocycles. The van der Waals surface area contributed by atoms with Gasteiger partial charge in [-0.25, -0.2) is 0 Å². The third kappa shape index (κ3) is 1.88. The summed E-state index contributed by atoms with van der Waals surface area (Å²) in [6, 6.07) is 4.76. The third-order valence-corrected chi connectivity index (χ3v) is 4.12. The zero-order valence-corrected chi connectivity index (χ0v) is 10.6. The Labute approximate surface area is 107 Å². The van der Waals surface area contributed by atoms with Gasteiger partial charge in [0.1, 0.15) is 17.1 Å². The van der Waals surface area contributed by atoms with Crippen molar-refractivity contribution in [3.05, 3.63) is 23.8 Å². The molecule has 0 aromatic heterocycles. The number of rotatable bonds is 0. The summed E-state index contributed by atoms with van der Waals surface area (Å²) in [7, 11) is 0. The molecule has 2 aliphatic rings. The van der Waals surface area contributed by atoms with Crippen LogP contribution < -0.4 is 4.74 Å². The first-order valence-electron chi connectivity index (χ1n) is 6.63. The molecule has 0 amide bonds. The van der Waals surface area contributed by atoms with Crippen molar-refractivity contribution in [2.75, 3.05) is 0 Å². The van der Waals surface area contributed by atoms with E-state index < -0.39 is 0 Å². The van der Waals surface area contributed by atoms with Gasteiger partial charge in [0.25, 0.3) is 0 Å². The van der Waals surface area contributed by atoms with E-state index in [4.69, 9.17) is 4.74 Å². The number of phenolic OH excluding ortho intramolecular Hbond substituents is 1. The Kier molecular flexibility index (Phi) is 2.58. The normalized spacial score (nSPS) is 30.9. The fourth-order valence-corrected chi connectivity index (χ4v) is 3.35. The van der Waals surface area contributed by atoms with Crippen molar-refractivity contribution in [2.45, 2.75) is 44.6 Å². The average Bonchev–Trinajstić information content (AvgIpc) is 2.27. The number of carbonyl (C=O) groups is 1. The van der Waals surface area contributed by atoms with Gasteiger partial charge in [-0.05, 0) is 37.3 Å². The molecule has 1 aliphatic carbocycles. The molecule has 1 aromatic carbocycles. The van der Waals surface area contributed by atoms with Gasteiger partial charge in [0, 0.05) is 6.07 Å². The molecule has 1 heterocycles. The second-order valence-electron chi connectivity index (χ2n) is 5.77. The average molecular weight is 246 g/mol. The van der Waals surface area contributed by atoms with Gasteiger partial charge in [0.05, 0.1) is 12.0 Å². The number of hydrogen-bond acceptors (Lipinski definition) is 3. The van der Waals surface area contributed by atoms with Gasteiger partial charge < -0.3 is 9.84 Å². The van der Waals surface area contributed by atoms with Crippen LogP contribution in [0.5, 0.6) is 11.5 Å². The molecule has 1 saturated carbocycles. The summed E-state index contributed by atoms with van der Waals surface area (Å²) in [6.45, 7) is 2.22. The maximum Gasteiger partial charge on any atom is 0.170 e. The predicted molar refractivity (Wildman–Crippen MR) is 68.0 cm³/mol. The summed E-state index contributed by atoms with van der Waals surface area (Å²) in [6.07, 6.45) is 4.69. The number of aromatic hydroxyl groups is 1. The van der Waals surface area contributed by atoms with Crippen LogP contribution in [0.25, 0.3) is 0 Å². The summed E-state index contributed by atoms with van der Waals surface area (Å²) in [5, 5.41) is 9.52. The Balaban J connectivity index is 1.97. The molecule has 1 N–H and O–H groups in total. The molecule has 1 spiro atoms. The lowest BCUT2D eigenvalue weighted by molar-refractivity contribution is -0.000930. The monoisotopic (exact) mass is 246 g/mol. The van der Waals surface area contributed by atoms with Gasteiger partial charge >= 0.3 is 0 Å². The van der Waals surface area contributed by atoms with Crippen LogP contribution in [-0.2, 0) is 0 Å². The zero-order chi connectivity index (χ0) is 12.8. The smallest absolute Gasteiger partial charge is 0.170 e. The molecule has 3 rings (SSSR count). The number of benzene rings is 1. The van der Waals surface area contributed by atoms with E-state index in [0.29, 0.717) is 23.7 Å². The maximum absolute atomic E-state index is 12.2. The topological polar surface area (TPSA) is 46.5 Å². The Hall–Kier alpha value is -1.51. The molecule has 2 atom stereocenters. The van der Waals surface area contributed by atoms with Crippen molar-refractivity contribution in [1.29, 1.82) is 0 Å². The molecule has 3 nitrogen and oxygen atoms in total. The van der Waals surface area contributed by atoms with Gasteiger partial charge in [-0.3, -0.25) is 4.79 Å². The molecular weight excluding hydrogens is 228 g/mol. The highest BCUT2D eigenvalue weighted by molar-refractivity contribution is 6.00. The van der Waals surface area contributed by atoms with Crippen LogP contribution in [0.1, 0.15) is 49.4 Å². The van der Waals surface area contributed by atoms with E-state index >= 15 is 0 Å². The van der Waals surface area contributed by atoms with Crippen LogP contribution in [0.2, 0.25) is 0 Å². The maximum atomic E-state index is 12.2. The van der Waals surface area contributed by atoms with Crippen molar-refractivity contribution < 1.29 is 14.6 Å². The van der Waals surface area contributed by atoms with Gasteiger partial charge in [0.2, 0.25) is 0 Å². The van der Waals surface area contributed by atoms with E-state index in [1.54, 1.807) is 18.2 Å².